The molecule has 6 heteroatoms. The molecule has 1 amide bonds. The van der Waals surface area contributed by atoms with Crippen molar-refractivity contribution in [2.45, 2.75) is 6.92 Å². The predicted octanol–water partition coefficient (Wildman–Crippen LogP) is 0.504. The lowest BCUT2D eigenvalue weighted by Gasteiger charge is -1.97. The Bertz CT molecular complexity index is 412. The van der Waals surface area contributed by atoms with Gasteiger partial charge in [0.1, 0.15) is 5.15 Å². The van der Waals surface area contributed by atoms with Crippen molar-refractivity contribution in [1.82, 2.24) is 15.1 Å². The lowest BCUT2D eigenvalue weighted by molar-refractivity contribution is -0.116. The highest BCUT2D eigenvalue weighted by Crippen LogP contribution is 2.19. The molecule has 5 nitrogen and oxygen atoms in total. The van der Waals surface area contributed by atoms with Crippen LogP contribution in [0.3, 0.4) is 0 Å². The van der Waals surface area contributed by atoms with Gasteiger partial charge in [0.25, 0.3) is 0 Å². The third-order valence-electron chi connectivity index (χ3n) is 2.01. The van der Waals surface area contributed by atoms with Crippen molar-refractivity contribution in [1.29, 1.82) is 0 Å². The van der Waals surface area contributed by atoms with Crippen LogP contribution in [0.25, 0.3) is 6.08 Å². The van der Waals surface area contributed by atoms with Crippen molar-refractivity contribution in [2.24, 2.45) is 7.05 Å². The van der Waals surface area contributed by atoms with Crippen LogP contribution in [0.1, 0.15) is 11.3 Å². The molecule has 0 fully saturated rings. The molecule has 0 radical (unpaired) electrons. The molecule has 16 heavy (non-hydrogen) atoms. The van der Waals surface area contributed by atoms with Crippen molar-refractivity contribution in [2.75, 3.05) is 13.2 Å². The zero-order chi connectivity index (χ0) is 12.1. The predicted molar refractivity (Wildman–Crippen MR) is 62.1 cm³/mol. The zero-order valence-electron chi connectivity index (χ0n) is 9.20. The molecule has 0 aliphatic heterocycles. The first-order valence-electron chi connectivity index (χ1n) is 4.82. The molecule has 0 aromatic carbocycles. The fourth-order valence-corrected chi connectivity index (χ4v) is 1.47. The summed E-state index contributed by atoms with van der Waals surface area (Å²) in [4.78, 5) is 11.2. The van der Waals surface area contributed by atoms with Gasteiger partial charge in [-0.05, 0) is 13.0 Å². The van der Waals surface area contributed by atoms with Gasteiger partial charge in [0.05, 0.1) is 12.3 Å². The number of aryl methyl sites for hydroxylation is 2. The summed E-state index contributed by atoms with van der Waals surface area (Å²) in [5, 5.41) is 15.6. The number of aliphatic hydroxyl groups is 1. The van der Waals surface area contributed by atoms with Gasteiger partial charge in [-0.3, -0.25) is 9.48 Å². The van der Waals surface area contributed by atoms with E-state index in [1.807, 2.05) is 6.92 Å². The second-order valence-corrected chi connectivity index (χ2v) is 3.62. The minimum absolute atomic E-state index is 0.0771. The van der Waals surface area contributed by atoms with Gasteiger partial charge in [-0.1, -0.05) is 11.6 Å². The van der Waals surface area contributed by atoms with Gasteiger partial charge in [0.15, 0.2) is 0 Å². The molecule has 1 aromatic rings. The second kappa shape index (κ2) is 5.67. The molecule has 0 atom stereocenters. The summed E-state index contributed by atoms with van der Waals surface area (Å²) < 4.78 is 1.54. The average Bonchev–Trinajstić information content (AvgIpc) is 2.48. The molecule has 0 bridgehead atoms. The van der Waals surface area contributed by atoms with Crippen LogP contribution in [0, 0.1) is 6.92 Å². The topological polar surface area (TPSA) is 67.2 Å². The molecule has 0 unspecified atom stereocenters. The molecule has 0 saturated carbocycles. The fourth-order valence-electron chi connectivity index (χ4n) is 1.23. The molecule has 1 aromatic heterocycles. The molecular formula is C10H14ClN3O2. The van der Waals surface area contributed by atoms with Gasteiger partial charge in [-0.15, -0.1) is 0 Å². The summed E-state index contributed by atoms with van der Waals surface area (Å²) in [5.41, 5.74) is 1.49. The molecule has 1 rings (SSSR count). The number of carbonyl (C=O) groups is 1. The van der Waals surface area contributed by atoms with Gasteiger partial charge in [-0.2, -0.15) is 5.10 Å². The molecule has 88 valence electrons. The maximum atomic E-state index is 11.2. The highest BCUT2D eigenvalue weighted by Gasteiger charge is 2.07. The van der Waals surface area contributed by atoms with E-state index in [4.69, 9.17) is 16.7 Å². The lowest BCUT2D eigenvalue weighted by atomic mass is 10.2. The molecule has 0 saturated heterocycles. The standard InChI is InChI=1S/C10H14ClN3O2/c1-7-8(10(11)14(2)13-7)3-4-9(16)12-5-6-15/h3-4,15H,5-6H2,1-2H3,(H,12,16)/b4-3+. The van der Waals surface area contributed by atoms with Crippen molar-refractivity contribution in [3.63, 3.8) is 0 Å². The summed E-state index contributed by atoms with van der Waals surface area (Å²) in [6.07, 6.45) is 2.98. The Morgan fingerprint density at radius 3 is 2.88 bits per heavy atom. The normalized spacial score (nSPS) is 11.0. The molecule has 0 aliphatic carbocycles. The average molecular weight is 244 g/mol. The van der Waals surface area contributed by atoms with E-state index in [1.54, 1.807) is 17.8 Å². The SMILES string of the molecule is Cc1nn(C)c(Cl)c1/C=C/C(=O)NCCO. The Morgan fingerprint density at radius 2 is 2.38 bits per heavy atom. The van der Waals surface area contributed by atoms with Crippen LogP contribution in [-0.4, -0.2) is 33.9 Å². The highest BCUT2D eigenvalue weighted by molar-refractivity contribution is 6.31. The lowest BCUT2D eigenvalue weighted by Crippen LogP contribution is -2.24. The van der Waals surface area contributed by atoms with Gasteiger partial charge in [-0.25, -0.2) is 0 Å². The largest absolute Gasteiger partial charge is 0.395 e. The summed E-state index contributed by atoms with van der Waals surface area (Å²) in [7, 11) is 1.73. The summed E-state index contributed by atoms with van der Waals surface area (Å²) in [5.74, 6) is -0.270. The van der Waals surface area contributed by atoms with E-state index >= 15 is 0 Å². The number of hydrogen-bond acceptors (Lipinski definition) is 3. The third-order valence-corrected chi connectivity index (χ3v) is 2.46. The number of rotatable bonds is 4. The number of aromatic nitrogens is 2. The first kappa shape index (κ1) is 12.7. The van der Waals surface area contributed by atoms with E-state index in [9.17, 15) is 4.79 Å². The van der Waals surface area contributed by atoms with Crippen LogP contribution in [0.2, 0.25) is 5.15 Å². The van der Waals surface area contributed by atoms with Crippen molar-refractivity contribution in [3.05, 3.63) is 22.5 Å². The minimum Gasteiger partial charge on any atom is -0.395 e. The molecule has 1 heterocycles. The Balaban J connectivity index is 2.72. The van der Waals surface area contributed by atoms with Crippen LogP contribution < -0.4 is 5.32 Å². The Morgan fingerprint density at radius 1 is 1.69 bits per heavy atom. The first-order valence-corrected chi connectivity index (χ1v) is 5.20. The van der Waals surface area contributed by atoms with E-state index in [0.717, 1.165) is 11.3 Å². The van der Waals surface area contributed by atoms with Gasteiger partial charge in [0, 0.05) is 25.2 Å². The fraction of sp³-hybridized carbons (Fsp3) is 0.400. The van der Waals surface area contributed by atoms with E-state index in [0.29, 0.717) is 5.15 Å². The maximum Gasteiger partial charge on any atom is 0.244 e. The number of amides is 1. The van der Waals surface area contributed by atoms with Crippen molar-refractivity contribution >= 4 is 23.6 Å². The summed E-state index contributed by atoms with van der Waals surface area (Å²) in [6, 6.07) is 0. The van der Waals surface area contributed by atoms with Crippen LogP contribution >= 0.6 is 11.6 Å². The smallest absolute Gasteiger partial charge is 0.244 e. The molecule has 2 N–H and O–H groups in total. The van der Waals surface area contributed by atoms with Crippen LogP contribution in [-0.2, 0) is 11.8 Å². The van der Waals surface area contributed by atoms with E-state index in [2.05, 4.69) is 10.4 Å². The summed E-state index contributed by atoms with van der Waals surface area (Å²) in [6.45, 7) is 1.98. The minimum atomic E-state index is -0.270. The number of nitrogens with one attached hydrogen (secondary N) is 1. The van der Waals surface area contributed by atoms with Crippen LogP contribution in [0.5, 0.6) is 0 Å². The Hall–Kier alpha value is -1.33. The Kier molecular flexibility index (Phi) is 4.52. The van der Waals surface area contributed by atoms with E-state index < -0.39 is 0 Å². The van der Waals surface area contributed by atoms with Crippen molar-refractivity contribution in [3.8, 4) is 0 Å². The van der Waals surface area contributed by atoms with Crippen LogP contribution in [0.15, 0.2) is 6.08 Å². The molecule has 0 aliphatic rings. The number of aliphatic hydroxyl groups excluding tert-OH is 1. The van der Waals surface area contributed by atoms with Gasteiger partial charge < -0.3 is 10.4 Å². The number of nitrogens with zero attached hydrogens (tertiary/aromatic N) is 2. The molecule has 0 spiro atoms. The van der Waals surface area contributed by atoms with Crippen molar-refractivity contribution < 1.29 is 9.90 Å². The van der Waals surface area contributed by atoms with E-state index in [1.165, 1.54) is 6.08 Å². The van der Waals surface area contributed by atoms with Crippen LogP contribution in [0.4, 0.5) is 0 Å². The van der Waals surface area contributed by atoms with Gasteiger partial charge >= 0.3 is 0 Å². The highest BCUT2D eigenvalue weighted by atomic mass is 35.5. The third kappa shape index (κ3) is 3.08. The zero-order valence-corrected chi connectivity index (χ0v) is 9.95. The summed E-state index contributed by atoms with van der Waals surface area (Å²) >= 11 is 5.98. The number of carbonyl (C=O) groups excluding carboxylic acids is 1. The van der Waals surface area contributed by atoms with Gasteiger partial charge in [0.2, 0.25) is 5.91 Å². The first-order chi connectivity index (χ1) is 7.56. The quantitative estimate of drug-likeness (QED) is 0.757. The maximum absolute atomic E-state index is 11.2. The second-order valence-electron chi connectivity index (χ2n) is 3.26. The Labute approximate surface area is 98.7 Å². The monoisotopic (exact) mass is 243 g/mol. The van der Waals surface area contributed by atoms with E-state index in [-0.39, 0.29) is 19.1 Å². The molecular weight excluding hydrogens is 230 g/mol. The number of hydrogen-bond donors (Lipinski definition) is 2. The number of halogens is 1.